The number of nitrogens with one attached hydrogen (secondary N) is 1. The highest BCUT2D eigenvalue weighted by Crippen LogP contribution is 2.45. The second kappa shape index (κ2) is 4.94. The monoisotopic (exact) mass is 274 g/mol. The van der Waals surface area contributed by atoms with Crippen LogP contribution in [-0.2, 0) is 5.54 Å². The minimum atomic E-state index is -0.224. The first-order chi connectivity index (χ1) is 9.29. The number of aromatic nitrogens is 1. The molecule has 2 unspecified atom stereocenters. The van der Waals surface area contributed by atoms with Crippen LogP contribution in [0.15, 0.2) is 35.8 Å². The molecule has 1 aliphatic rings. The van der Waals surface area contributed by atoms with Crippen LogP contribution in [0.5, 0.6) is 5.75 Å². The van der Waals surface area contributed by atoms with Crippen LogP contribution in [0.1, 0.15) is 24.4 Å². The standard InChI is InChI=1S/C15H18N2OS/c1-3-17-15(14-16-8-9-19-14)11(2)10-18-13-7-5-4-6-12(13)15/h4-9,11,17H,3,10H2,1-2H3. The van der Waals surface area contributed by atoms with E-state index >= 15 is 0 Å². The third-order valence-electron chi connectivity index (χ3n) is 3.77. The maximum absolute atomic E-state index is 5.87. The van der Waals surface area contributed by atoms with Crippen LogP contribution in [0, 0.1) is 5.92 Å². The molecular formula is C15H18N2OS. The number of benzene rings is 1. The van der Waals surface area contributed by atoms with Gasteiger partial charge >= 0.3 is 0 Å². The molecule has 0 radical (unpaired) electrons. The summed E-state index contributed by atoms with van der Waals surface area (Å²) in [6.45, 7) is 5.97. The van der Waals surface area contributed by atoms with Gasteiger partial charge in [-0.3, -0.25) is 0 Å². The molecule has 100 valence electrons. The summed E-state index contributed by atoms with van der Waals surface area (Å²) >= 11 is 1.71. The van der Waals surface area contributed by atoms with Gasteiger partial charge in [-0.15, -0.1) is 11.3 Å². The van der Waals surface area contributed by atoms with E-state index in [0.29, 0.717) is 12.5 Å². The van der Waals surface area contributed by atoms with Gasteiger partial charge in [-0.05, 0) is 12.6 Å². The number of para-hydroxylation sites is 1. The molecule has 1 N–H and O–H groups in total. The molecule has 0 saturated carbocycles. The highest BCUT2D eigenvalue weighted by atomic mass is 32.1. The van der Waals surface area contributed by atoms with Crippen molar-refractivity contribution < 1.29 is 4.74 Å². The average Bonchev–Trinajstić information content (AvgIpc) is 2.96. The molecular weight excluding hydrogens is 256 g/mol. The Morgan fingerprint density at radius 2 is 2.32 bits per heavy atom. The van der Waals surface area contributed by atoms with E-state index in [2.05, 4.69) is 36.3 Å². The normalized spacial score (nSPS) is 25.7. The zero-order valence-corrected chi connectivity index (χ0v) is 12.0. The Balaban J connectivity index is 2.22. The van der Waals surface area contributed by atoms with E-state index < -0.39 is 0 Å². The van der Waals surface area contributed by atoms with Crippen LogP contribution < -0.4 is 10.1 Å². The van der Waals surface area contributed by atoms with Crippen LogP contribution in [0.3, 0.4) is 0 Å². The van der Waals surface area contributed by atoms with Gasteiger partial charge in [0.25, 0.3) is 0 Å². The Morgan fingerprint density at radius 1 is 1.47 bits per heavy atom. The van der Waals surface area contributed by atoms with Gasteiger partial charge in [0.1, 0.15) is 16.3 Å². The second-order valence-electron chi connectivity index (χ2n) is 4.88. The van der Waals surface area contributed by atoms with Crippen molar-refractivity contribution in [3.8, 4) is 5.75 Å². The van der Waals surface area contributed by atoms with Gasteiger partial charge in [-0.25, -0.2) is 4.98 Å². The summed E-state index contributed by atoms with van der Waals surface area (Å²) in [6, 6.07) is 8.28. The molecule has 2 heterocycles. The topological polar surface area (TPSA) is 34.2 Å². The van der Waals surface area contributed by atoms with E-state index in [4.69, 9.17) is 4.74 Å². The summed E-state index contributed by atoms with van der Waals surface area (Å²) in [6.07, 6.45) is 1.88. The molecule has 1 aromatic carbocycles. The third-order valence-corrected chi connectivity index (χ3v) is 4.67. The average molecular weight is 274 g/mol. The lowest BCUT2D eigenvalue weighted by atomic mass is 9.77. The molecule has 0 saturated heterocycles. The SMILES string of the molecule is CCNC1(c2nccs2)c2ccccc2OCC1C. The molecule has 0 fully saturated rings. The maximum atomic E-state index is 5.87. The van der Waals surface area contributed by atoms with E-state index in [-0.39, 0.29) is 5.54 Å². The first kappa shape index (κ1) is 12.6. The van der Waals surface area contributed by atoms with Crippen LogP contribution in [0.25, 0.3) is 0 Å². The summed E-state index contributed by atoms with van der Waals surface area (Å²) in [5.74, 6) is 1.31. The molecule has 4 heteroatoms. The van der Waals surface area contributed by atoms with Gasteiger partial charge in [0, 0.05) is 23.1 Å². The quantitative estimate of drug-likeness (QED) is 0.934. The first-order valence-electron chi connectivity index (χ1n) is 6.66. The number of rotatable bonds is 3. The second-order valence-corrected chi connectivity index (χ2v) is 5.78. The van der Waals surface area contributed by atoms with Crippen molar-refractivity contribution in [3.63, 3.8) is 0 Å². The maximum Gasteiger partial charge on any atom is 0.124 e. The molecule has 0 aliphatic carbocycles. The lowest BCUT2D eigenvalue weighted by molar-refractivity contribution is 0.142. The Labute approximate surface area is 117 Å². The predicted octanol–water partition coefficient (Wildman–Crippen LogP) is 3.02. The van der Waals surface area contributed by atoms with Crippen molar-refractivity contribution in [1.82, 2.24) is 10.3 Å². The number of nitrogens with zero attached hydrogens (tertiary/aromatic N) is 1. The van der Waals surface area contributed by atoms with Gasteiger partial charge in [0.2, 0.25) is 0 Å². The Kier molecular flexibility index (Phi) is 3.29. The van der Waals surface area contributed by atoms with Gasteiger partial charge < -0.3 is 10.1 Å². The number of hydrogen-bond donors (Lipinski definition) is 1. The van der Waals surface area contributed by atoms with E-state index in [1.54, 1.807) is 11.3 Å². The van der Waals surface area contributed by atoms with Gasteiger partial charge in [0.15, 0.2) is 0 Å². The van der Waals surface area contributed by atoms with Crippen molar-refractivity contribution in [1.29, 1.82) is 0 Å². The van der Waals surface area contributed by atoms with E-state index in [9.17, 15) is 0 Å². The van der Waals surface area contributed by atoms with E-state index in [1.165, 1.54) is 5.56 Å². The lowest BCUT2D eigenvalue weighted by Gasteiger charge is -2.43. The number of hydrogen-bond acceptors (Lipinski definition) is 4. The van der Waals surface area contributed by atoms with Gasteiger partial charge in [-0.2, -0.15) is 0 Å². The van der Waals surface area contributed by atoms with Crippen molar-refractivity contribution in [2.45, 2.75) is 19.4 Å². The molecule has 1 aromatic heterocycles. The number of ether oxygens (including phenoxy) is 1. The van der Waals surface area contributed by atoms with Crippen LogP contribution in [-0.4, -0.2) is 18.1 Å². The predicted molar refractivity (Wildman–Crippen MR) is 77.7 cm³/mol. The van der Waals surface area contributed by atoms with Gasteiger partial charge in [0.05, 0.1) is 6.61 Å². The fourth-order valence-electron chi connectivity index (χ4n) is 2.89. The van der Waals surface area contributed by atoms with Crippen molar-refractivity contribution in [2.75, 3.05) is 13.2 Å². The summed E-state index contributed by atoms with van der Waals surface area (Å²) in [7, 11) is 0. The summed E-state index contributed by atoms with van der Waals surface area (Å²) in [4.78, 5) is 4.58. The van der Waals surface area contributed by atoms with Crippen LogP contribution in [0.2, 0.25) is 0 Å². The molecule has 0 bridgehead atoms. The highest BCUT2D eigenvalue weighted by molar-refractivity contribution is 7.09. The Bertz CT molecular complexity index is 555. The summed E-state index contributed by atoms with van der Waals surface area (Å²) < 4.78 is 5.87. The van der Waals surface area contributed by atoms with Crippen molar-refractivity contribution in [2.24, 2.45) is 5.92 Å². The third kappa shape index (κ3) is 1.86. The molecule has 0 spiro atoms. The molecule has 0 amide bonds. The molecule has 1 aliphatic heterocycles. The van der Waals surface area contributed by atoms with Crippen LogP contribution in [0.4, 0.5) is 0 Å². The Hall–Kier alpha value is -1.39. The fourth-order valence-corrected chi connectivity index (χ4v) is 3.83. The first-order valence-corrected chi connectivity index (χ1v) is 7.54. The van der Waals surface area contributed by atoms with Gasteiger partial charge in [-0.1, -0.05) is 32.0 Å². The Morgan fingerprint density at radius 3 is 3.05 bits per heavy atom. The minimum Gasteiger partial charge on any atom is -0.493 e. The largest absolute Gasteiger partial charge is 0.493 e. The molecule has 3 nitrogen and oxygen atoms in total. The zero-order valence-electron chi connectivity index (χ0n) is 11.2. The zero-order chi connectivity index (χ0) is 13.3. The number of fused-ring (bicyclic) bond motifs is 1. The molecule has 19 heavy (non-hydrogen) atoms. The molecule has 2 aromatic rings. The van der Waals surface area contributed by atoms with E-state index in [0.717, 1.165) is 17.3 Å². The summed E-state index contributed by atoms with van der Waals surface area (Å²) in [5, 5.41) is 6.84. The number of thiazole rings is 1. The highest BCUT2D eigenvalue weighted by Gasteiger charge is 2.46. The fraction of sp³-hybridized carbons (Fsp3) is 0.400. The molecule has 3 rings (SSSR count). The minimum absolute atomic E-state index is 0.224. The van der Waals surface area contributed by atoms with Crippen molar-refractivity contribution in [3.05, 3.63) is 46.4 Å². The van der Waals surface area contributed by atoms with E-state index in [1.807, 2.05) is 23.7 Å². The lowest BCUT2D eigenvalue weighted by Crippen LogP contribution is -2.52. The smallest absolute Gasteiger partial charge is 0.124 e. The van der Waals surface area contributed by atoms with Crippen LogP contribution >= 0.6 is 11.3 Å². The van der Waals surface area contributed by atoms with Crippen molar-refractivity contribution >= 4 is 11.3 Å². The summed E-state index contributed by atoms with van der Waals surface area (Å²) in [5.41, 5.74) is 0.975. The molecule has 2 atom stereocenters.